The van der Waals surface area contributed by atoms with Crippen molar-refractivity contribution in [2.45, 2.75) is 51.5 Å². The first-order valence-corrected chi connectivity index (χ1v) is 8.50. The summed E-state index contributed by atoms with van der Waals surface area (Å²) in [7, 11) is 0. The zero-order valence-electron chi connectivity index (χ0n) is 13.7. The van der Waals surface area contributed by atoms with E-state index in [2.05, 4.69) is 31.2 Å². The number of rotatable bonds is 4. The molecule has 1 aromatic carbocycles. The molecule has 23 heavy (non-hydrogen) atoms. The molecular weight excluding hydrogens is 288 g/mol. The fraction of sp³-hybridized carbons (Fsp3) is 0.474. The average molecular weight is 310 g/mol. The highest BCUT2D eigenvalue weighted by atomic mass is 16.5. The van der Waals surface area contributed by atoms with Crippen molar-refractivity contribution in [2.75, 3.05) is 6.61 Å². The number of benzene rings is 1. The number of esters is 1. The third-order valence-electron chi connectivity index (χ3n) is 5.17. The van der Waals surface area contributed by atoms with E-state index in [0.717, 1.165) is 17.7 Å². The van der Waals surface area contributed by atoms with Crippen LogP contribution in [0.15, 0.2) is 24.3 Å². The van der Waals surface area contributed by atoms with E-state index in [1.54, 1.807) is 0 Å². The summed E-state index contributed by atoms with van der Waals surface area (Å²) in [6.07, 6.45) is 3.55. The number of hydrogen-bond acceptors (Lipinski definition) is 3. The topological polar surface area (TPSA) is 44.1 Å². The van der Waals surface area contributed by atoms with Crippen molar-refractivity contribution in [3.63, 3.8) is 0 Å². The van der Waals surface area contributed by atoms with Crippen molar-refractivity contribution in [1.29, 1.82) is 0 Å². The smallest absolute Gasteiger partial charge is 0.356 e. The van der Waals surface area contributed by atoms with Crippen LogP contribution in [0, 0.1) is 6.92 Å². The molecule has 2 aromatic rings. The molecule has 2 aliphatic carbocycles. The van der Waals surface area contributed by atoms with Gasteiger partial charge in [0.05, 0.1) is 18.8 Å². The van der Waals surface area contributed by atoms with Gasteiger partial charge in [0.25, 0.3) is 0 Å². The van der Waals surface area contributed by atoms with E-state index in [1.165, 1.54) is 24.0 Å². The Morgan fingerprint density at radius 1 is 1.26 bits per heavy atom. The van der Waals surface area contributed by atoms with Gasteiger partial charge in [0.1, 0.15) is 0 Å². The maximum absolute atomic E-state index is 12.5. The number of carbonyl (C=O) groups is 1. The van der Waals surface area contributed by atoms with Crippen LogP contribution in [0.2, 0.25) is 0 Å². The van der Waals surface area contributed by atoms with Gasteiger partial charge >= 0.3 is 5.97 Å². The first kappa shape index (κ1) is 14.5. The van der Waals surface area contributed by atoms with Crippen molar-refractivity contribution in [3.8, 4) is 0 Å². The molecule has 2 atom stereocenters. The molecule has 1 fully saturated rings. The number of fused-ring (bicyclic) bond motifs is 5. The maximum Gasteiger partial charge on any atom is 0.356 e. The van der Waals surface area contributed by atoms with Crippen molar-refractivity contribution < 1.29 is 9.53 Å². The third-order valence-corrected chi connectivity index (χ3v) is 5.17. The van der Waals surface area contributed by atoms with Gasteiger partial charge in [-0.15, -0.1) is 0 Å². The van der Waals surface area contributed by atoms with Gasteiger partial charge in [-0.1, -0.05) is 29.8 Å². The first-order chi connectivity index (χ1) is 11.2. The molecule has 0 amide bonds. The summed E-state index contributed by atoms with van der Waals surface area (Å²) in [4.78, 5) is 12.5. The molecule has 0 spiro atoms. The van der Waals surface area contributed by atoms with Gasteiger partial charge in [-0.05, 0) is 44.6 Å². The molecule has 1 heterocycles. The summed E-state index contributed by atoms with van der Waals surface area (Å²) in [6, 6.07) is 8.40. The van der Waals surface area contributed by atoms with Crippen molar-refractivity contribution in [2.24, 2.45) is 0 Å². The van der Waals surface area contributed by atoms with Crippen molar-refractivity contribution in [3.05, 3.63) is 52.3 Å². The molecular formula is C19H22N2O2. The van der Waals surface area contributed by atoms with E-state index in [0.29, 0.717) is 30.7 Å². The van der Waals surface area contributed by atoms with Crippen LogP contribution >= 0.6 is 0 Å². The Balaban J connectivity index is 1.74. The van der Waals surface area contributed by atoms with Crippen LogP contribution < -0.4 is 0 Å². The number of hydrogen-bond donors (Lipinski definition) is 0. The van der Waals surface area contributed by atoms with Crippen LogP contribution in [-0.2, 0) is 11.3 Å². The second-order valence-corrected chi connectivity index (χ2v) is 6.72. The fourth-order valence-corrected chi connectivity index (χ4v) is 4.09. The Morgan fingerprint density at radius 2 is 2.00 bits per heavy atom. The third kappa shape index (κ3) is 2.37. The second kappa shape index (κ2) is 5.52. The quantitative estimate of drug-likeness (QED) is 0.807. The van der Waals surface area contributed by atoms with Gasteiger partial charge in [0, 0.05) is 11.5 Å². The lowest BCUT2D eigenvalue weighted by molar-refractivity contribution is 0.0510. The summed E-state index contributed by atoms with van der Waals surface area (Å²) in [5, 5.41) is 4.81. The molecule has 1 aromatic heterocycles. The van der Waals surface area contributed by atoms with Crippen molar-refractivity contribution in [1.82, 2.24) is 9.78 Å². The van der Waals surface area contributed by atoms with Gasteiger partial charge in [-0.2, -0.15) is 5.10 Å². The molecule has 2 bridgehead atoms. The molecule has 4 heteroatoms. The number of ether oxygens (including phenoxy) is 1. The molecule has 1 saturated carbocycles. The molecule has 120 valence electrons. The highest BCUT2D eigenvalue weighted by Gasteiger charge is 2.43. The van der Waals surface area contributed by atoms with E-state index in [1.807, 2.05) is 11.6 Å². The maximum atomic E-state index is 12.5. The van der Waals surface area contributed by atoms with Crippen LogP contribution in [-0.4, -0.2) is 22.4 Å². The van der Waals surface area contributed by atoms with Crippen LogP contribution in [0.3, 0.4) is 0 Å². The summed E-state index contributed by atoms with van der Waals surface area (Å²) in [5.41, 5.74) is 5.41. The van der Waals surface area contributed by atoms with E-state index in [9.17, 15) is 4.79 Å². The van der Waals surface area contributed by atoms with Crippen LogP contribution in [0.1, 0.15) is 70.9 Å². The van der Waals surface area contributed by atoms with Crippen molar-refractivity contribution >= 4 is 5.97 Å². The largest absolute Gasteiger partial charge is 0.461 e. The molecule has 4 rings (SSSR count). The Hall–Kier alpha value is -2.10. The molecule has 0 N–H and O–H groups in total. The molecule has 0 saturated heterocycles. The minimum atomic E-state index is -0.221. The SMILES string of the molecule is CCOC(=O)c1c2c(nn1Cc1ccc(C)cc1)C1CCC2C1. The van der Waals surface area contributed by atoms with Gasteiger partial charge < -0.3 is 4.74 Å². The summed E-state index contributed by atoms with van der Waals surface area (Å²) in [5.74, 6) is 0.824. The minimum absolute atomic E-state index is 0.221. The molecule has 2 aliphatic rings. The average Bonchev–Trinajstić information content (AvgIpc) is 3.21. The van der Waals surface area contributed by atoms with Gasteiger partial charge in [-0.3, -0.25) is 4.68 Å². The predicted octanol–water partition coefficient (Wildman–Crippen LogP) is 3.78. The standard InChI is InChI=1S/C19H22N2O2/c1-3-23-19(22)18-16-14-8-9-15(10-14)17(16)20-21(18)11-13-6-4-12(2)5-7-13/h4-7,14-15H,3,8-11H2,1-2H3. The molecule has 4 nitrogen and oxygen atoms in total. The Kier molecular flexibility index (Phi) is 3.47. The molecule has 0 aliphatic heterocycles. The zero-order valence-corrected chi connectivity index (χ0v) is 13.7. The van der Waals surface area contributed by atoms with Gasteiger partial charge in [0.2, 0.25) is 0 Å². The lowest BCUT2D eigenvalue weighted by Gasteiger charge is -2.12. The number of carbonyl (C=O) groups excluding carboxylic acids is 1. The Bertz CT molecular complexity index is 745. The molecule has 2 unspecified atom stereocenters. The first-order valence-electron chi connectivity index (χ1n) is 8.50. The predicted molar refractivity (Wildman–Crippen MR) is 87.8 cm³/mol. The number of aryl methyl sites for hydroxylation is 1. The fourth-order valence-electron chi connectivity index (χ4n) is 4.09. The van der Waals surface area contributed by atoms with Crippen LogP contribution in [0.5, 0.6) is 0 Å². The highest BCUT2D eigenvalue weighted by molar-refractivity contribution is 5.90. The monoisotopic (exact) mass is 310 g/mol. The number of nitrogens with zero attached hydrogens (tertiary/aromatic N) is 2. The minimum Gasteiger partial charge on any atom is -0.461 e. The number of aromatic nitrogens is 2. The van der Waals surface area contributed by atoms with E-state index in [4.69, 9.17) is 9.84 Å². The summed E-state index contributed by atoms with van der Waals surface area (Å²) >= 11 is 0. The van der Waals surface area contributed by atoms with Gasteiger partial charge in [0.15, 0.2) is 5.69 Å². The summed E-state index contributed by atoms with van der Waals surface area (Å²) < 4.78 is 7.19. The second-order valence-electron chi connectivity index (χ2n) is 6.72. The molecule has 0 radical (unpaired) electrons. The van der Waals surface area contributed by atoms with Crippen LogP contribution in [0.4, 0.5) is 0 Å². The zero-order chi connectivity index (χ0) is 16.0. The Labute approximate surface area is 136 Å². The van der Waals surface area contributed by atoms with E-state index < -0.39 is 0 Å². The summed E-state index contributed by atoms with van der Waals surface area (Å²) in [6.45, 7) is 4.96. The normalized spacial score (nSPS) is 21.5. The van der Waals surface area contributed by atoms with E-state index in [-0.39, 0.29) is 5.97 Å². The van der Waals surface area contributed by atoms with Crippen LogP contribution in [0.25, 0.3) is 0 Å². The Morgan fingerprint density at radius 3 is 2.74 bits per heavy atom. The lowest BCUT2D eigenvalue weighted by atomic mass is 9.95. The lowest BCUT2D eigenvalue weighted by Crippen LogP contribution is -2.16. The van der Waals surface area contributed by atoms with Gasteiger partial charge in [-0.25, -0.2) is 4.79 Å². The highest BCUT2D eigenvalue weighted by Crippen LogP contribution is 2.53. The van der Waals surface area contributed by atoms with E-state index >= 15 is 0 Å².